The summed E-state index contributed by atoms with van der Waals surface area (Å²) in [6.07, 6.45) is 4.92. The topological polar surface area (TPSA) is 57.4 Å². The summed E-state index contributed by atoms with van der Waals surface area (Å²) in [6.45, 7) is 1.87. The van der Waals surface area contributed by atoms with Gasteiger partial charge in [-0.05, 0) is 24.5 Å². The van der Waals surface area contributed by atoms with E-state index in [1.54, 1.807) is 19.5 Å². The highest BCUT2D eigenvalue weighted by atomic mass is 35.5. The molecule has 0 aliphatic heterocycles. The number of halogens is 1. The minimum atomic E-state index is 0.0532. The summed E-state index contributed by atoms with van der Waals surface area (Å²) in [5, 5.41) is 0.670. The second kappa shape index (κ2) is 8.42. The Balaban J connectivity index is 2.21. The van der Waals surface area contributed by atoms with Crippen LogP contribution in [-0.4, -0.2) is 38.0 Å². The summed E-state index contributed by atoms with van der Waals surface area (Å²) in [5.74, 6) is 0. The maximum absolute atomic E-state index is 6.01. The fraction of sp³-hybridized carbons (Fsp3) is 0.583. The molecule has 0 spiro atoms. The van der Waals surface area contributed by atoms with E-state index in [1.807, 2.05) is 6.07 Å². The van der Waals surface area contributed by atoms with Crippen LogP contribution in [0, 0.1) is 0 Å². The van der Waals surface area contributed by atoms with Gasteiger partial charge in [-0.2, -0.15) is 0 Å². The summed E-state index contributed by atoms with van der Waals surface area (Å²) in [7, 11) is 1.65. The normalized spacial score (nSPS) is 12.6. The van der Waals surface area contributed by atoms with Crippen molar-refractivity contribution in [3.8, 4) is 0 Å². The van der Waals surface area contributed by atoms with Gasteiger partial charge in [-0.25, -0.2) is 0 Å². The van der Waals surface area contributed by atoms with E-state index in [4.69, 9.17) is 26.8 Å². The molecule has 1 unspecified atom stereocenters. The van der Waals surface area contributed by atoms with Gasteiger partial charge in [-0.3, -0.25) is 4.98 Å². The van der Waals surface area contributed by atoms with Crippen LogP contribution >= 0.6 is 11.6 Å². The standard InChI is InChI=1S/C12H19ClN2O2/c1-16-6-7-17-5-3-11(14)8-10-2-4-15-9-12(10)13/h2,4,9,11H,3,5-8,14H2,1H3. The number of aromatic nitrogens is 1. The van der Waals surface area contributed by atoms with E-state index in [0.717, 1.165) is 18.4 Å². The van der Waals surface area contributed by atoms with E-state index >= 15 is 0 Å². The molecule has 2 N–H and O–H groups in total. The van der Waals surface area contributed by atoms with Gasteiger partial charge in [0, 0.05) is 32.2 Å². The third-order valence-corrected chi connectivity index (χ3v) is 2.74. The highest BCUT2D eigenvalue weighted by molar-refractivity contribution is 6.31. The molecule has 1 atom stereocenters. The molecule has 96 valence electrons. The maximum atomic E-state index is 6.01. The van der Waals surface area contributed by atoms with E-state index in [0.29, 0.717) is 24.8 Å². The van der Waals surface area contributed by atoms with Crippen molar-refractivity contribution >= 4 is 11.6 Å². The average Bonchev–Trinajstić information content (AvgIpc) is 2.32. The molecular formula is C12H19ClN2O2. The number of pyridine rings is 1. The van der Waals surface area contributed by atoms with Gasteiger partial charge in [0.1, 0.15) is 0 Å². The fourth-order valence-electron chi connectivity index (χ4n) is 1.43. The Morgan fingerprint density at radius 3 is 2.94 bits per heavy atom. The van der Waals surface area contributed by atoms with Gasteiger partial charge in [-0.1, -0.05) is 11.6 Å². The van der Waals surface area contributed by atoms with Crippen molar-refractivity contribution < 1.29 is 9.47 Å². The molecule has 0 saturated heterocycles. The van der Waals surface area contributed by atoms with Crippen LogP contribution in [0.4, 0.5) is 0 Å². The largest absolute Gasteiger partial charge is 0.382 e. The number of hydrogen-bond donors (Lipinski definition) is 1. The molecule has 5 heteroatoms. The molecule has 4 nitrogen and oxygen atoms in total. The third-order valence-electron chi connectivity index (χ3n) is 2.40. The Morgan fingerprint density at radius 1 is 1.41 bits per heavy atom. The van der Waals surface area contributed by atoms with Crippen LogP contribution in [0.1, 0.15) is 12.0 Å². The van der Waals surface area contributed by atoms with Crippen LogP contribution in [0.3, 0.4) is 0 Å². The number of nitrogens with zero attached hydrogens (tertiary/aromatic N) is 1. The minimum Gasteiger partial charge on any atom is -0.382 e. The Kier molecular flexibility index (Phi) is 7.12. The molecule has 0 amide bonds. The van der Waals surface area contributed by atoms with Crippen molar-refractivity contribution in [1.29, 1.82) is 0 Å². The van der Waals surface area contributed by atoms with Gasteiger partial charge in [0.15, 0.2) is 0 Å². The van der Waals surface area contributed by atoms with E-state index in [1.165, 1.54) is 0 Å². The SMILES string of the molecule is COCCOCCC(N)Cc1ccncc1Cl. The first-order chi connectivity index (χ1) is 8.24. The van der Waals surface area contributed by atoms with Crippen molar-refractivity contribution in [2.75, 3.05) is 26.9 Å². The zero-order chi connectivity index (χ0) is 12.5. The summed E-state index contributed by atoms with van der Waals surface area (Å²) >= 11 is 6.01. The van der Waals surface area contributed by atoms with E-state index in [-0.39, 0.29) is 6.04 Å². The Morgan fingerprint density at radius 2 is 2.24 bits per heavy atom. The lowest BCUT2D eigenvalue weighted by atomic mass is 10.1. The number of methoxy groups -OCH3 is 1. The smallest absolute Gasteiger partial charge is 0.0700 e. The number of rotatable bonds is 8. The monoisotopic (exact) mass is 258 g/mol. The van der Waals surface area contributed by atoms with Crippen molar-refractivity contribution in [2.45, 2.75) is 18.9 Å². The van der Waals surface area contributed by atoms with Gasteiger partial charge in [-0.15, -0.1) is 0 Å². The molecular weight excluding hydrogens is 240 g/mol. The second-order valence-electron chi connectivity index (χ2n) is 3.83. The second-order valence-corrected chi connectivity index (χ2v) is 4.23. The molecule has 0 aliphatic carbocycles. The van der Waals surface area contributed by atoms with E-state index in [9.17, 15) is 0 Å². The quantitative estimate of drug-likeness (QED) is 0.721. The zero-order valence-corrected chi connectivity index (χ0v) is 10.8. The van der Waals surface area contributed by atoms with E-state index in [2.05, 4.69) is 4.98 Å². The lowest BCUT2D eigenvalue weighted by Crippen LogP contribution is -2.25. The van der Waals surface area contributed by atoms with Crippen molar-refractivity contribution in [1.82, 2.24) is 4.98 Å². The highest BCUT2D eigenvalue weighted by Gasteiger charge is 2.07. The molecule has 1 aromatic rings. The van der Waals surface area contributed by atoms with Crippen molar-refractivity contribution in [3.05, 3.63) is 29.0 Å². The molecule has 17 heavy (non-hydrogen) atoms. The van der Waals surface area contributed by atoms with Crippen LogP contribution < -0.4 is 5.73 Å². The van der Waals surface area contributed by atoms with E-state index < -0.39 is 0 Å². The third kappa shape index (κ3) is 5.98. The van der Waals surface area contributed by atoms with Gasteiger partial charge in [0.2, 0.25) is 0 Å². The van der Waals surface area contributed by atoms with Gasteiger partial charge >= 0.3 is 0 Å². The minimum absolute atomic E-state index is 0.0532. The molecule has 0 aromatic carbocycles. The lowest BCUT2D eigenvalue weighted by Gasteiger charge is -2.12. The first kappa shape index (κ1) is 14.4. The Bertz CT molecular complexity index is 323. The fourth-order valence-corrected chi connectivity index (χ4v) is 1.63. The Hall–Kier alpha value is -0.680. The highest BCUT2D eigenvalue weighted by Crippen LogP contribution is 2.15. The molecule has 0 fully saturated rings. The predicted molar refractivity (Wildman–Crippen MR) is 68.2 cm³/mol. The summed E-state index contributed by atoms with van der Waals surface area (Å²) in [4.78, 5) is 3.94. The Labute approximate surface area is 107 Å². The number of ether oxygens (including phenoxy) is 2. The molecule has 1 rings (SSSR count). The lowest BCUT2D eigenvalue weighted by molar-refractivity contribution is 0.0672. The molecule has 1 heterocycles. The number of hydrogen-bond acceptors (Lipinski definition) is 4. The van der Waals surface area contributed by atoms with Crippen molar-refractivity contribution in [2.24, 2.45) is 5.73 Å². The summed E-state index contributed by atoms with van der Waals surface area (Å²) < 4.78 is 10.2. The van der Waals surface area contributed by atoms with Crippen LogP contribution in [0.5, 0.6) is 0 Å². The predicted octanol–water partition coefficient (Wildman–Crippen LogP) is 1.66. The van der Waals surface area contributed by atoms with Crippen LogP contribution in [0.15, 0.2) is 18.5 Å². The first-order valence-electron chi connectivity index (χ1n) is 5.64. The number of nitrogens with two attached hydrogens (primary N) is 1. The molecule has 0 radical (unpaired) electrons. The van der Waals surface area contributed by atoms with Crippen LogP contribution in [-0.2, 0) is 15.9 Å². The zero-order valence-electron chi connectivity index (χ0n) is 10.1. The molecule has 0 saturated carbocycles. The molecule has 0 aliphatic rings. The molecule has 1 aromatic heterocycles. The molecule has 0 bridgehead atoms. The van der Waals surface area contributed by atoms with Crippen LogP contribution in [0.25, 0.3) is 0 Å². The maximum Gasteiger partial charge on any atom is 0.0700 e. The van der Waals surface area contributed by atoms with Gasteiger partial charge in [0.05, 0.1) is 18.2 Å². The first-order valence-corrected chi connectivity index (χ1v) is 6.02. The van der Waals surface area contributed by atoms with Gasteiger partial charge < -0.3 is 15.2 Å². The average molecular weight is 259 g/mol. The summed E-state index contributed by atoms with van der Waals surface area (Å²) in [5.41, 5.74) is 7.03. The van der Waals surface area contributed by atoms with Crippen LogP contribution in [0.2, 0.25) is 5.02 Å². The van der Waals surface area contributed by atoms with Crippen molar-refractivity contribution in [3.63, 3.8) is 0 Å². The van der Waals surface area contributed by atoms with Gasteiger partial charge in [0.25, 0.3) is 0 Å². The summed E-state index contributed by atoms with van der Waals surface area (Å²) in [6, 6.07) is 1.95.